The third kappa shape index (κ3) is 2.16. The third-order valence-electron chi connectivity index (χ3n) is 3.14. The van der Waals surface area contributed by atoms with Gasteiger partial charge >= 0.3 is 0 Å². The van der Waals surface area contributed by atoms with E-state index in [2.05, 4.69) is 15.0 Å². The predicted octanol–water partition coefficient (Wildman–Crippen LogP) is 0.452. The minimum absolute atomic E-state index is 0.531. The Bertz CT molecular complexity index is 559. The largest absolute Gasteiger partial charge is 0.382 e. The first-order chi connectivity index (χ1) is 8.72. The SMILES string of the molecule is Cc1cn2nc(N)cc(CN3CCOCC3)c2n1. The number of imidazole rings is 1. The monoisotopic (exact) mass is 247 g/mol. The minimum atomic E-state index is 0.531. The molecule has 1 saturated heterocycles. The van der Waals surface area contributed by atoms with E-state index < -0.39 is 0 Å². The van der Waals surface area contributed by atoms with Gasteiger partial charge < -0.3 is 10.5 Å². The van der Waals surface area contributed by atoms with Gasteiger partial charge in [0.25, 0.3) is 0 Å². The number of hydrogen-bond acceptors (Lipinski definition) is 5. The van der Waals surface area contributed by atoms with E-state index in [1.54, 1.807) is 4.52 Å². The Morgan fingerprint density at radius 2 is 2.17 bits per heavy atom. The Labute approximate surface area is 105 Å². The van der Waals surface area contributed by atoms with Crippen molar-refractivity contribution in [2.75, 3.05) is 32.0 Å². The molecule has 0 atom stereocenters. The molecule has 2 N–H and O–H groups in total. The highest BCUT2D eigenvalue weighted by Crippen LogP contribution is 2.15. The summed E-state index contributed by atoms with van der Waals surface area (Å²) >= 11 is 0. The average Bonchev–Trinajstić information content (AvgIpc) is 2.71. The summed E-state index contributed by atoms with van der Waals surface area (Å²) in [5, 5.41) is 4.24. The molecule has 0 aliphatic carbocycles. The van der Waals surface area contributed by atoms with Gasteiger partial charge in [-0.25, -0.2) is 9.50 Å². The van der Waals surface area contributed by atoms with Crippen molar-refractivity contribution in [1.82, 2.24) is 19.5 Å². The first-order valence-electron chi connectivity index (χ1n) is 6.14. The molecule has 0 spiro atoms. The number of nitrogens with zero attached hydrogens (tertiary/aromatic N) is 4. The van der Waals surface area contributed by atoms with Crippen LogP contribution in [0.4, 0.5) is 5.82 Å². The Morgan fingerprint density at radius 3 is 2.94 bits per heavy atom. The lowest BCUT2D eigenvalue weighted by Gasteiger charge is -2.26. The van der Waals surface area contributed by atoms with Crippen LogP contribution in [0.3, 0.4) is 0 Å². The molecule has 0 amide bonds. The van der Waals surface area contributed by atoms with E-state index in [0.29, 0.717) is 5.82 Å². The molecule has 0 unspecified atom stereocenters. The molecule has 0 bridgehead atoms. The molecule has 0 radical (unpaired) electrons. The van der Waals surface area contributed by atoms with E-state index in [9.17, 15) is 0 Å². The third-order valence-corrected chi connectivity index (χ3v) is 3.14. The number of hydrogen-bond donors (Lipinski definition) is 1. The van der Waals surface area contributed by atoms with E-state index in [1.165, 1.54) is 0 Å². The molecule has 0 aromatic carbocycles. The van der Waals surface area contributed by atoms with Gasteiger partial charge in [-0.15, -0.1) is 5.10 Å². The lowest BCUT2D eigenvalue weighted by molar-refractivity contribution is 0.0343. The molecular formula is C12H17N5O. The fourth-order valence-corrected chi connectivity index (χ4v) is 2.29. The lowest BCUT2D eigenvalue weighted by atomic mass is 10.2. The van der Waals surface area contributed by atoms with Crippen molar-refractivity contribution in [3.05, 3.63) is 23.5 Å². The second-order valence-electron chi connectivity index (χ2n) is 4.63. The summed E-state index contributed by atoms with van der Waals surface area (Å²) in [7, 11) is 0. The molecule has 1 fully saturated rings. The first kappa shape index (κ1) is 11.4. The second-order valence-corrected chi connectivity index (χ2v) is 4.63. The molecule has 0 saturated carbocycles. The maximum absolute atomic E-state index is 5.84. The van der Waals surface area contributed by atoms with Crippen LogP contribution in [0.1, 0.15) is 11.3 Å². The Hall–Kier alpha value is -1.66. The van der Waals surface area contributed by atoms with E-state index in [-0.39, 0.29) is 0 Å². The van der Waals surface area contributed by atoms with Crippen LogP contribution in [0, 0.1) is 6.92 Å². The molecule has 1 aliphatic heterocycles. The van der Waals surface area contributed by atoms with Crippen LogP contribution >= 0.6 is 0 Å². The summed E-state index contributed by atoms with van der Waals surface area (Å²) in [6, 6.07) is 1.91. The van der Waals surface area contributed by atoms with Gasteiger partial charge in [0, 0.05) is 25.2 Å². The van der Waals surface area contributed by atoms with Gasteiger partial charge in [-0.05, 0) is 13.0 Å². The molecule has 1 aliphatic rings. The molecule has 18 heavy (non-hydrogen) atoms. The van der Waals surface area contributed by atoms with Crippen LogP contribution in [0.25, 0.3) is 5.65 Å². The number of anilines is 1. The fraction of sp³-hybridized carbons (Fsp3) is 0.500. The molecule has 96 valence electrons. The zero-order valence-corrected chi connectivity index (χ0v) is 10.5. The second kappa shape index (κ2) is 4.55. The Morgan fingerprint density at radius 1 is 1.39 bits per heavy atom. The maximum Gasteiger partial charge on any atom is 0.158 e. The van der Waals surface area contributed by atoms with E-state index in [1.807, 2.05) is 19.2 Å². The van der Waals surface area contributed by atoms with Crippen LogP contribution < -0.4 is 5.73 Å². The molecule has 3 rings (SSSR count). The predicted molar refractivity (Wildman–Crippen MR) is 68.2 cm³/mol. The first-order valence-corrected chi connectivity index (χ1v) is 6.14. The van der Waals surface area contributed by atoms with Crippen LogP contribution in [-0.4, -0.2) is 45.8 Å². The van der Waals surface area contributed by atoms with Crippen molar-refractivity contribution in [2.45, 2.75) is 13.5 Å². The van der Waals surface area contributed by atoms with Gasteiger partial charge in [0.2, 0.25) is 0 Å². The number of aromatic nitrogens is 3. The van der Waals surface area contributed by atoms with E-state index in [0.717, 1.165) is 49.8 Å². The molecule has 2 aromatic rings. The van der Waals surface area contributed by atoms with Crippen LogP contribution in [-0.2, 0) is 11.3 Å². The van der Waals surface area contributed by atoms with Crippen molar-refractivity contribution in [3.63, 3.8) is 0 Å². The van der Waals surface area contributed by atoms with Crippen molar-refractivity contribution in [1.29, 1.82) is 0 Å². The molecular weight excluding hydrogens is 230 g/mol. The van der Waals surface area contributed by atoms with E-state index >= 15 is 0 Å². The molecule has 6 nitrogen and oxygen atoms in total. The van der Waals surface area contributed by atoms with Gasteiger partial charge in [0.15, 0.2) is 5.65 Å². The molecule has 3 heterocycles. The summed E-state index contributed by atoms with van der Waals surface area (Å²) in [6.45, 7) is 6.30. The average molecular weight is 247 g/mol. The van der Waals surface area contributed by atoms with Crippen molar-refractivity contribution in [3.8, 4) is 0 Å². The summed E-state index contributed by atoms with van der Waals surface area (Å²) in [6.07, 6.45) is 1.90. The fourth-order valence-electron chi connectivity index (χ4n) is 2.29. The normalized spacial score (nSPS) is 17.4. The number of aryl methyl sites for hydroxylation is 1. The quantitative estimate of drug-likeness (QED) is 0.834. The highest BCUT2D eigenvalue weighted by atomic mass is 16.5. The Balaban J connectivity index is 1.94. The molecule has 6 heteroatoms. The number of nitrogens with two attached hydrogens (primary N) is 1. The maximum atomic E-state index is 5.84. The number of fused-ring (bicyclic) bond motifs is 1. The topological polar surface area (TPSA) is 68.7 Å². The zero-order chi connectivity index (χ0) is 12.5. The van der Waals surface area contributed by atoms with Crippen LogP contribution in [0.5, 0.6) is 0 Å². The van der Waals surface area contributed by atoms with Crippen molar-refractivity contribution in [2.24, 2.45) is 0 Å². The molecule has 2 aromatic heterocycles. The number of nitrogen functional groups attached to an aromatic ring is 1. The van der Waals surface area contributed by atoms with Crippen molar-refractivity contribution < 1.29 is 4.74 Å². The zero-order valence-electron chi connectivity index (χ0n) is 10.5. The van der Waals surface area contributed by atoms with Gasteiger partial charge in [-0.1, -0.05) is 0 Å². The van der Waals surface area contributed by atoms with Crippen LogP contribution in [0.15, 0.2) is 12.3 Å². The van der Waals surface area contributed by atoms with Gasteiger partial charge in [0.05, 0.1) is 25.1 Å². The smallest absolute Gasteiger partial charge is 0.158 e. The van der Waals surface area contributed by atoms with Gasteiger partial charge in [0.1, 0.15) is 5.82 Å². The summed E-state index contributed by atoms with van der Waals surface area (Å²) in [5.74, 6) is 0.531. The highest BCUT2D eigenvalue weighted by molar-refractivity contribution is 5.51. The minimum Gasteiger partial charge on any atom is -0.382 e. The van der Waals surface area contributed by atoms with Crippen molar-refractivity contribution >= 4 is 11.5 Å². The van der Waals surface area contributed by atoms with Gasteiger partial charge in [-0.2, -0.15) is 0 Å². The summed E-state index contributed by atoms with van der Waals surface area (Å²) < 4.78 is 7.12. The standard InChI is InChI=1S/C12H17N5O/c1-9-7-17-12(14-9)10(6-11(13)15-17)8-16-2-4-18-5-3-16/h6-7H,2-5,8H2,1H3,(H2,13,15). The van der Waals surface area contributed by atoms with Crippen LogP contribution in [0.2, 0.25) is 0 Å². The number of ether oxygens (including phenoxy) is 1. The highest BCUT2D eigenvalue weighted by Gasteiger charge is 2.14. The lowest BCUT2D eigenvalue weighted by Crippen LogP contribution is -2.35. The summed E-state index contributed by atoms with van der Waals surface area (Å²) in [5.41, 5.74) is 8.81. The Kier molecular flexibility index (Phi) is 2.89. The number of morpholine rings is 1. The van der Waals surface area contributed by atoms with Gasteiger partial charge in [-0.3, -0.25) is 4.90 Å². The van der Waals surface area contributed by atoms with E-state index in [4.69, 9.17) is 10.5 Å². The summed E-state index contributed by atoms with van der Waals surface area (Å²) in [4.78, 5) is 6.86. The number of rotatable bonds is 2.